The number of benzene rings is 1. The van der Waals surface area contributed by atoms with E-state index in [4.69, 9.17) is 21.4 Å². The van der Waals surface area contributed by atoms with Crippen LogP contribution in [0.15, 0.2) is 39.1 Å². The van der Waals surface area contributed by atoms with Gasteiger partial charge in [0.1, 0.15) is 12.4 Å². The molecule has 0 radical (unpaired) electrons. The van der Waals surface area contributed by atoms with Gasteiger partial charge in [-0.1, -0.05) is 11.6 Å². The van der Waals surface area contributed by atoms with E-state index < -0.39 is 20.9 Å². The largest absolute Gasteiger partial charge is 0.489 e. The van der Waals surface area contributed by atoms with Gasteiger partial charge in [-0.3, -0.25) is 0 Å². The van der Waals surface area contributed by atoms with Crippen molar-refractivity contribution in [2.75, 3.05) is 6.61 Å². The van der Waals surface area contributed by atoms with Crippen molar-refractivity contribution in [1.82, 2.24) is 0 Å². The number of ether oxygens (including phenoxy) is 1. The number of hydrogen-bond acceptors (Lipinski definition) is 4. The molecule has 0 amide bonds. The number of carbonyl (C=O) groups is 1. The van der Waals surface area contributed by atoms with Crippen LogP contribution in [0.4, 0.5) is 0 Å². The fourth-order valence-electron chi connectivity index (χ4n) is 1.45. The predicted octanol–water partition coefficient (Wildman–Crippen LogP) is 1.47. The van der Waals surface area contributed by atoms with Crippen molar-refractivity contribution in [3.05, 3.63) is 39.8 Å². The molecular weight excluding hydrogens is 294 g/mol. The summed E-state index contributed by atoms with van der Waals surface area (Å²) in [7, 11) is -4.10. The molecule has 1 aromatic carbocycles. The molecule has 8 heteroatoms. The van der Waals surface area contributed by atoms with E-state index in [0.29, 0.717) is 10.8 Å². The summed E-state index contributed by atoms with van der Waals surface area (Å²) in [5, 5.41) is 9.39. The minimum atomic E-state index is -4.10. The smallest absolute Gasteiger partial charge is 0.349 e. The highest BCUT2D eigenvalue weighted by Crippen LogP contribution is 2.22. The van der Waals surface area contributed by atoms with Gasteiger partial charge < -0.3 is 9.84 Å². The average Bonchev–Trinajstić information content (AvgIpc) is 2.64. The number of halogens is 1. The Morgan fingerprint density at radius 3 is 2.53 bits per heavy atom. The number of carboxylic acids is 1. The topological polar surface area (TPSA) is 93.0 Å². The summed E-state index contributed by atoms with van der Waals surface area (Å²) < 4.78 is 31.2. The summed E-state index contributed by atoms with van der Waals surface area (Å²) in [6.45, 7) is -0.202. The van der Waals surface area contributed by atoms with Crippen LogP contribution in [-0.2, 0) is 14.8 Å². The first-order valence-corrected chi connectivity index (χ1v) is 6.87. The van der Waals surface area contributed by atoms with Crippen LogP contribution in [0.2, 0.25) is 5.02 Å². The quantitative estimate of drug-likeness (QED) is 0.909. The number of rotatable bonds is 4. The van der Waals surface area contributed by atoms with Crippen LogP contribution in [0.1, 0.15) is 0 Å². The maximum atomic E-state index is 11.4. The van der Waals surface area contributed by atoms with E-state index in [1.54, 1.807) is 24.3 Å². The maximum Gasteiger partial charge on any atom is 0.349 e. The van der Waals surface area contributed by atoms with Gasteiger partial charge in [0.05, 0.1) is 0 Å². The minimum absolute atomic E-state index is 0.00227. The molecule has 0 fully saturated rings. The Bertz CT molecular complexity index is 676. The highest BCUT2D eigenvalue weighted by molar-refractivity contribution is 7.95. The lowest BCUT2D eigenvalue weighted by Gasteiger charge is -2.06. The highest BCUT2D eigenvalue weighted by Gasteiger charge is 2.32. The highest BCUT2D eigenvalue weighted by atomic mass is 35.5. The number of carboxylic acid groups (broad SMARTS) is 1. The molecule has 2 rings (SSSR count). The van der Waals surface area contributed by atoms with E-state index in [9.17, 15) is 13.2 Å². The Morgan fingerprint density at radius 2 is 1.95 bits per heavy atom. The number of hydrogen-bond donors (Lipinski definition) is 1. The number of nitrogens with zero attached hydrogens (tertiary/aromatic N) is 1. The first kappa shape index (κ1) is 13.6. The zero-order valence-electron chi connectivity index (χ0n) is 9.41. The van der Waals surface area contributed by atoms with Crippen LogP contribution in [0.5, 0.6) is 5.75 Å². The summed E-state index contributed by atoms with van der Waals surface area (Å²) in [6, 6.07) is 6.37. The Balaban J connectivity index is 2.19. The van der Waals surface area contributed by atoms with Crippen LogP contribution in [0.3, 0.4) is 0 Å². The number of sulfonamides is 1. The molecule has 0 saturated carbocycles. The van der Waals surface area contributed by atoms with Crippen LogP contribution in [0.25, 0.3) is 0 Å². The van der Waals surface area contributed by atoms with Crippen molar-refractivity contribution in [3.8, 4) is 5.75 Å². The van der Waals surface area contributed by atoms with Crippen LogP contribution < -0.4 is 4.74 Å². The van der Waals surface area contributed by atoms with Gasteiger partial charge in [-0.05, 0) is 24.3 Å². The van der Waals surface area contributed by atoms with Gasteiger partial charge in [-0.15, -0.1) is 0 Å². The monoisotopic (exact) mass is 301 g/mol. The molecule has 6 nitrogen and oxygen atoms in total. The first-order valence-electron chi connectivity index (χ1n) is 5.05. The van der Waals surface area contributed by atoms with Crippen molar-refractivity contribution in [3.63, 3.8) is 0 Å². The standard InChI is InChI=1S/C11H8ClNO5S/c12-8-1-3-9(4-2-8)18-6-7-5-13-19(16,17)10(7)11(14)15/h1-5H,6H2,(H,14,15). The third-order valence-electron chi connectivity index (χ3n) is 2.30. The molecule has 0 aliphatic carbocycles. The van der Waals surface area contributed by atoms with Crippen molar-refractivity contribution in [2.24, 2.45) is 4.40 Å². The zero-order chi connectivity index (χ0) is 14.0. The summed E-state index contributed by atoms with van der Waals surface area (Å²) in [6.07, 6.45) is 0.981. The van der Waals surface area contributed by atoms with Crippen molar-refractivity contribution in [2.45, 2.75) is 0 Å². The molecule has 100 valence electrons. The summed E-state index contributed by atoms with van der Waals surface area (Å²) >= 11 is 5.70. The van der Waals surface area contributed by atoms with E-state index >= 15 is 0 Å². The van der Waals surface area contributed by atoms with Gasteiger partial charge in [-0.2, -0.15) is 12.8 Å². The van der Waals surface area contributed by atoms with Gasteiger partial charge in [0, 0.05) is 16.8 Å². The molecule has 0 atom stereocenters. The fourth-order valence-corrected chi connectivity index (χ4v) is 2.61. The molecule has 1 aliphatic rings. The summed E-state index contributed by atoms with van der Waals surface area (Å²) in [4.78, 5) is 10.1. The van der Waals surface area contributed by atoms with E-state index in [1.807, 2.05) is 0 Å². The molecule has 19 heavy (non-hydrogen) atoms. The molecule has 0 spiro atoms. The molecule has 0 unspecified atom stereocenters. The van der Waals surface area contributed by atoms with Crippen LogP contribution in [-0.4, -0.2) is 32.3 Å². The summed E-state index contributed by atoms with van der Waals surface area (Å²) in [5.74, 6) is -1.11. The number of aliphatic carboxylic acids is 1. The molecule has 0 saturated heterocycles. The molecular formula is C11H8ClNO5S. The van der Waals surface area contributed by atoms with Crippen molar-refractivity contribution in [1.29, 1.82) is 0 Å². The molecule has 1 aromatic rings. The Hall–Kier alpha value is -1.86. The lowest BCUT2D eigenvalue weighted by molar-refractivity contribution is -0.131. The van der Waals surface area contributed by atoms with E-state index in [1.165, 1.54) is 0 Å². The lowest BCUT2D eigenvalue weighted by Crippen LogP contribution is -2.12. The van der Waals surface area contributed by atoms with Crippen LogP contribution in [0, 0.1) is 0 Å². The minimum Gasteiger partial charge on any atom is -0.489 e. The Morgan fingerprint density at radius 1 is 1.32 bits per heavy atom. The van der Waals surface area contributed by atoms with E-state index in [-0.39, 0.29) is 12.2 Å². The molecule has 0 aromatic heterocycles. The molecule has 1 N–H and O–H groups in total. The van der Waals surface area contributed by atoms with Gasteiger partial charge in [-0.25, -0.2) is 4.79 Å². The van der Waals surface area contributed by atoms with Gasteiger partial charge >= 0.3 is 5.97 Å². The van der Waals surface area contributed by atoms with Crippen LogP contribution >= 0.6 is 11.6 Å². The predicted molar refractivity (Wildman–Crippen MR) is 69.0 cm³/mol. The molecule has 0 bridgehead atoms. The second-order valence-corrected chi connectivity index (χ2v) is 5.62. The van der Waals surface area contributed by atoms with E-state index in [2.05, 4.69) is 4.40 Å². The third kappa shape index (κ3) is 2.94. The fraction of sp³-hybridized carbons (Fsp3) is 0.0909. The van der Waals surface area contributed by atoms with E-state index in [0.717, 1.165) is 6.21 Å². The third-order valence-corrected chi connectivity index (χ3v) is 3.89. The van der Waals surface area contributed by atoms with Crippen molar-refractivity contribution >= 4 is 33.8 Å². The van der Waals surface area contributed by atoms with Gasteiger partial charge in [0.15, 0.2) is 4.91 Å². The maximum absolute atomic E-state index is 11.4. The Labute approximate surface area is 114 Å². The zero-order valence-corrected chi connectivity index (χ0v) is 11.0. The Kier molecular flexibility index (Phi) is 3.59. The first-order chi connectivity index (χ1) is 8.90. The second kappa shape index (κ2) is 5.02. The van der Waals surface area contributed by atoms with Gasteiger partial charge in [0.2, 0.25) is 0 Å². The SMILES string of the molecule is O=C(O)C1=C(COc2ccc(Cl)cc2)C=NS1(=O)=O. The normalized spacial score (nSPS) is 16.7. The van der Waals surface area contributed by atoms with Gasteiger partial charge in [0.25, 0.3) is 10.0 Å². The molecule has 1 aliphatic heterocycles. The second-order valence-electron chi connectivity index (χ2n) is 3.61. The summed E-state index contributed by atoms with van der Waals surface area (Å²) in [5.41, 5.74) is 0.00227. The lowest BCUT2D eigenvalue weighted by atomic mass is 10.3. The average molecular weight is 302 g/mol. The molecule has 1 heterocycles. The van der Waals surface area contributed by atoms with Crippen molar-refractivity contribution < 1.29 is 23.1 Å².